The number of hydrogen-bond donors (Lipinski definition) is 1. The molecule has 0 aliphatic carbocycles. The van der Waals surface area contributed by atoms with Gasteiger partial charge in [0.2, 0.25) is 11.8 Å². The molecular weight excluding hydrogens is 384 g/mol. The summed E-state index contributed by atoms with van der Waals surface area (Å²) in [5, 5.41) is 2.96. The Morgan fingerprint density at radius 2 is 1.87 bits per heavy atom. The lowest BCUT2D eigenvalue weighted by Gasteiger charge is -2.23. The van der Waals surface area contributed by atoms with Crippen LogP contribution in [0.5, 0.6) is 0 Å². The van der Waals surface area contributed by atoms with Crippen molar-refractivity contribution in [2.45, 2.75) is 33.1 Å². The second kappa shape index (κ2) is 10.4. The van der Waals surface area contributed by atoms with Gasteiger partial charge in [-0.1, -0.05) is 26.0 Å². The maximum atomic E-state index is 12.7. The monoisotopic (exact) mass is 416 g/mol. The molecule has 0 saturated carbocycles. The molecule has 0 atom stereocenters. The first-order valence-electron chi connectivity index (χ1n) is 10.8. The van der Waals surface area contributed by atoms with Crippen molar-refractivity contribution in [1.29, 1.82) is 0 Å². The third-order valence-corrected chi connectivity index (χ3v) is 5.30. The summed E-state index contributed by atoms with van der Waals surface area (Å²) in [6, 6.07) is 7.42. The fraction of sp³-hybridized carbons (Fsp3) is 0.591. The lowest BCUT2D eigenvalue weighted by Crippen LogP contribution is -2.38. The van der Waals surface area contributed by atoms with Crippen molar-refractivity contribution in [1.82, 2.24) is 9.80 Å². The lowest BCUT2D eigenvalue weighted by atomic mass is 10.2. The molecule has 164 valence electrons. The number of rotatable bonds is 6. The van der Waals surface area contributed by atoms with Crippen molar-refractivity contribution in [3.63, 3.8) is 0 Å². The minimum Gasteiger partial charge on any atom is -0.449 e. The van der Waals surface area contributed by atoms with Crippen LogP contribution >= 0.6 is 0 Å². The van der Waals surface area contributed by atoms with Crippen LogP contribution in [0, 0.1) is 5.92 Å². The summed E-state index contributed by atoms with van der Waals surface area (Å²) in [7, 11) is 0. The largest absolute Gasteiger partial charge is 0.449 e. The minimum atomic E-state index is -0.279. The SMILES string of the molecule is CC(C)COC(=O)N1CCCN(CC(=O)Nc2ccccc2N2CCCC2=O)CC1. The average Bonchev–Trinajstić information content (AvgIpc) is 3.00. The second-order valence-electron chi connectivity index (χ2n) is 8.30. The number of para-hydroxylation sites is 2. The van der Waals surface area contributed by atoms with E-state index in [1.165, 1.54) is 0 Å². The Morgan fingerprint density at radius 1 is 1.07 bits per heavy atom. The van der Waals surface area contributed by atoms with Crippen molar-refractivity contribution in [2.24, 2.45) is 5.92 Å². The van der Waals surface area contributed by atoms with E-state index >= 15 is 0 Å². The Balaban J connectivity index is 1.52. The zero-order valence-electron chi connectivity index (χ0n) is 17.9. The molecule has 1 aromatic carbocycles. The standard InChI is InChI=1S/C22H32N4O4/c1-17(2)16-30-22(29)25-11-6-10-24(13-14-25)15-20(27)23-18-7-3-4-8-19(18)26-12-5-9-21(26)28/h3-4,7-8,17H,5-6,9-16H2,1-2H3,(H,23,27). The highest BCUT2D eigenvalue weighted by Crippen LogP contribution is 2.29. The third-order valence-electron chi connectivity index (χ3n) is 5.30. The minimum absolute atomic E-state index is 0.0914. The van der Waals surface area contributed by atoms with Crippen molar-refractivity contribution < 1.29 is 19.1 Å². The molecule has 1 aromatic rings. The van der Waals surface area contributed by atoms with Crippen molar-refractivity contribution >= 4 is 29.3 Å². The van der Waals surface area contributed by atoms with Crippen molar-refractivity contribution in [2.75, 3.05) is 56.1 Å². The first-order chi connectivity index (χ1) is 14.4. The average molecular weight is 417 g/mol. The molecule has 0 aromatic heterocycles. The van der Waals surface area contributed by atoms with Gasteiger partial charge in [0.1, 0.15) is 0 Å². The smallest absolute Gasteiger partial charge is 0.409 e. The quantitative estimate of drug-likeness (QED) is 0.771. The van der Waals surface area contributed by atoms with Gasteiger partial charge in [0.05, 0.1) is 24.5 Å². The first kappa shape index (κ1) is 22.1. The predicted octanol–water partition coefficient (Wildman–Crippen LogP) is 2.55. The third kappa shape index (κ3) is 5.95. The van der Waals surface area contributed by atoms with Gasteiger partial charge in [0.15, 0.2) is 0 Å². The van der Waals surface area contributed by atoms with E-state index < -0.39 is 0 Å². The number of nitrogens with one attached hydrogen (secondary N) is 1. The summed E-state index contributed by atoms with van der Waals surface area (Å²) >= 11 is 0. The molecule has 0 spiro atoms. The zero-order valence-corrected chi connectivity index (χ0v) is 17.9. The van der Waals surface area contributed by atoms with Crippen LogP contribution in [0.2, 0.25) is 0 Å². The number of anilines is 2. The maximum absolute atomic E-state index is 12.7. The highest BCUT2D eigenvalue weighted by molar-refractivity contribution is 6.02. The van der Waals surface area contributed by atoms with Crippen LogP contribution in [-0.2, 0) is 14.3 Å². The maximum Gasteiger partial charge on any atom is 0.409 e. The van der Waals surface area contributed by atoms with E-state index in [0.717, 1.165) is 25.1 Å². The molecule has 0 unspecified atom stereocenters. The van der Waals surface area contributed by atoms with Gasteiger partial charge in [-0.25, -0.2) is 4.79 Å². The number of carbonyl (C=O) groups is 3. The van der Waals surface area contributed by atoms with Crippen LogP contribution < -0.4 is 10.2 Å². The number of benzene rings is 1. The molecule has 3 rings (SSSR count). The Hall–Kier alpha value is -2.61. The van der Waals surface area contributed by atoms with Gasteiger partial charge < -0.3 is 19.9 Å². The summed E-state index contributed by atoms with van der Waals surface area (Å²) in [4.78, 5) is 42.5. The summed E-state index contributed by atoms with van der Waals surface area (Å²) in [5.41, 5.74) is 1.41. The van der Waals surface area contributed by atoms with E-state index in [1.54, 1.807) is 9.80 Å². The van der Waals surface area contributed by atoms with E-state index in [-0.39, 0.29) is 24.5 Å². The zero-order chi connectivity index (χ0) is 21.5. The lowest BCUT2D eigenvalue weighted by molar-refractivity contribution is -0.118. The van der Waals surface area contributed by atoms with Gasteiger partial charge in [0, 0.05) is 39.1 Å². The summed E-state index contributed by atoms with van der Waals surface area (Å²) in [5.74, 6) is 0.276. The number of amides is 3. The Kier molecular flexibility index (Phi) is 7.68. The summed E-state index contributed by atoms with van der Waals surface area (Å²) in [6.07, 6.45) is 1.90. The van der Waals surface area contributed by atoms with E-state index in [2.05, 4.69) is 10.2 Å². The number of ether oxygens (including phenoxy) is 1. The van der Waals surface area contributed by atoms with Crippen LogP contribution in [0.15, 0.2) is 24.3 Å². The normalized spacial score (nSPS) is 17.9. The molecule has 2 saturated heterocycles. The van der Waals surface area contributed by atoms with Crippen LogP contribution in [0.3, 0.4) is 0 Å². The molecule has 3 amide bonds. The molecule has 8 nitrogen and oxygen atoms in total. The summed E-state index contributed by atoms with van der Waals surface area (Å²) in [6.45, 7) is 7.90. The van der Waals surface area contributed by atoms with Crippen LogP contribution in [-0.4, -0.2) is 73.6 Å². The number of hydrogen-bond acceptors (Lipinski definition) is 5. The fourth-order valence-electron chi connectivity index (χ4n) is 3.75. The Morgan fingerprint density at radius 3 is 2.60 bits per heavy atom. The van der Waals surface area contributed by atoms with Gasteiger partial charge in [-0.05, 0) is 30.9 Å². The molecule has 2 heterocycles. The van der Waals surface area contributed by atoms with Gasteiger partial charge in [-0.15, -0.1) is 0 Å². The van der Waals surface area contributed by atoms with Gasteiger partial charge in [-0.3, -0.25) is 14.5 Å². The number of carbonyl (C=O) groups excluding carboxylic acids is 3. The van der Waals surface area contributed by atoms with E-state index in [9.17, 15) is 14.4 Å². The molecule has 2 fully saturated rings. The molecule has 0 radical (unpaired) electrons. The molecule has 8 heteroatoms. The molecule has 1 N–H and O–H groups in total. The van der Waals surface area contributed by atoms with Crippen molar-refractivity contribution in [3.8, 4) is 0 Å². The fourth-order valence-corrected chi connectivity index (χ4v) is 3.75. The molecular formula is C22H32N4O4. The molecule has 0 bridgehead atoms. The van der Waals surface area contributed by atoms with Crippen LogP contribution in [0.25, 0.3) is 0 Å². The Bertz CT molecular complexity index is 767. The number of nitrogens with zero attached hydrogens (tertiary/aromatic N) is 3. The molecule has 2 aliphatic rings. The van der Waals surface area contributed by atoms with Gasteiger partial charge in [0.25, 0.3) is 0 Å². The van der Waals surface area contributed by atoms with Crippen LogP contribution in [0.4, 0.5) is 16.2 Å². The van der Waals surface area contributed by atoms with Gasteiger partial charge in [-0.2, -0.15) is 0 Å². The first-order valence-corrected chi connectivity index (χ1v) is 10.8. The van der Waals surface area contributed by atoms with E-state index in [1.807, 2.05) is 38.1 Å². The van der Waals surface area contributed by atoms with Gasteiger partial charge >= 0.3 is 6.09 Å². The highest BCUT2D eigenvalue weighted by atomic mass is 16.6. The Labute approximate surface area is 178 Å². The highest BCUT2D eigenvalue weighted by Gasteiger charge is 2.25. The topological polar surface area (TPSA) is 82.2 Å². The van der Waals surface area contributed by atoms with Crippen molar-refractivity contribution in [3.05, 3.63) is 24.3 Å². The van der Waals surface area contributed by atoms with E-state index in [0.29, 0.717) is 50.8 Å². The summed E-state index contributed by atoms with van der Waals surface area (Å²) < 4.78 is 5.32. The molecule has 30 heavy (non-hydrogen) atoms. The predicted molar refractivity (Wildman–Crippen MR) is 115 cm³/mol. The van der Waals surface area contributed by atoms with E-state index in [4.69, 9.17) is 4.74 Å². The van der Waals surface area contributed by atoms with Crippen LogP contribution in [0.1, 0.15) is 33.1 Å². The molecule has 2 aliphatic heterocycles. The second-order valence-corrected chi connectivity index (χ2v) is 8.30.